The molecular weight excluding hydrogens is 464 g/mol. The first-order valence-electron chi connectivity index (χ1n) is 11.7. The average Bonchev–Trinajstić information content (AvgIpc) is 2.89. The van der Waals surface area contributed by atoms with Crippen LogP contribution in [0, 0.1) is 0 Å². The number of nitrogens with zero attached hydrogens (tertiary/aromatic N) is 2. The van der Waals surface area contributed by atoms with E-state index >= 15 is 0 Å². The Balaban J connectivity index is 1.53. The number of halogens is 1. The number of rotatable bonds is 8. The van der Waals surface area contributed by atoms with Gasteiger partial charge in [-0.1, -0.05) is 23.7 Å². The molecule has 1 fully saturated rings. The van der Waals surface area contributed by atoms with Crippen molar-refractivity contribution in [2.45, 2.75) is 25.4 Å². The molecule has 1 saturated heterocycles. The standard InChI is InChI=1S/C28H31ClN2O4/c1-33-25-9-5-8-24(17-25)31(28(32)21-6-4-7-22(29)16-21)23-10-12-30(13-11-23)19-20-14-26(34-2)18-27(15-20)35-3/h4-9,14-18,23H,10-13,19H2,1-3H3. The summed E-state index contributed by atoms with van der Waals surface area (Å²) in [6.45, 7) is 2.53. The van der Waals surface area contributed by atoms with Gasteiger partial charge in [0, 0.05) is 54.1 Å². The van der Waals surface area contributed by atoms with Crippen LogP contribution in [0.1, 0.15) is 28.8 Å². The number of benzene rings is 3. The summed E-state index contributed by atoms with van der Waals surface area (Å²) < 4.78 is 16.3. The third kappa shape index (κ3) is 6.08. The van der Waals surface area contributed by atoms with Gasteiger partial charge in [-0.15, -0.1) is 0 Å². The molecule has 184 valence electrons. The second-order valence-corrected chi connectivity index (χ2v) is 9.05. The van der Waals surface area contributed by atoms with Gasteiger partial charge in [-0.3, -0.25) is 9.69 Å². The minimum Gasteiger partial charge on any atom is -0.497 e. The number of carbonyl (C=O) groups is 1. The van der Waals surface area contributed by atoms with Crippen LogP contribution < -0.4 is 19.1 Å². The fourth-order valence-electron chi connectivity index (χ4n) is 4.57. The minimum atomic E-state index is -0.0586. The van der Waals surface area contributed by atoms with Crippen molar-refractivity contribution in [1.29, 1.82) is 0 Å². The first kappa shape index (κ1) is 24.9. The van der Waals surface area contributed by atoms with Gasteiger partial charge < -0.3 is 19.1 Å². The number of carbonyl (C=O) groups excluding carboxylic acids is 1. The highest BCUT2D eigenvalue weighted by Crippen LogP contribution is 2.30. The SMILES string of the molecule is COc1cc(CN2CCC(N(C(=O)c3cccc(Cl)c3)c3cccc(OC)c3)CC2)cc(OC)c1. The van der Waals surface area contributed by atoms with Crippen molar-refractivity contribution in [2.24, 2.45) is 0 Å². The zero-order chi connectivity index (χ0) is 24.8. The summed E-state index contributed by atoms with van der Waals surface area (Å²) in [5, 5.41) is 0.546. The molecule has 0 bridgehead atoms. The molecule has 0 radical (unpaired) electrons. The Morgan fingerprint density at radius 1 is 0.886 bits per heavy atom. The van der Waals surface area contributed by atoms with E-state index in [9.17, 15) is 4.79 Å². The van der Waals surface area contributed by atoms with Gasteiger partial charge >= 0.3 is 0 Å². The zero-order valence-corrected chi connectivity index (χ0v) is 21.1. The quantitative estimate of drug-likeness (QED) is 0.403. The van der Waals surface area contributed by atoms with Crippen molar-refractivity contribution < 1.29 is 19.0 Å². The summed E-state index contributed by atoms with van der Waals surface area (Å²) in [6.07, 6.45) is 1.70. The van der Waals surface area contributed by atoms with E-state index in [1.54, 1.807) is 33.5 Å². The fraction of sp³-hybridized carbons (Fsp3) is 0.321. The molecule has 0 saturated carbocycles. The normalized spacial score (nSPS) is 14.4. The van der Waals surface area contributed by atoms with Crippen LogP contribution in [0.15, 0.2) is 66.7 Å². The predicted molar refractivity (Wildman–Crippen MR) is 139 cm³/mol. The molecule has 1 amide bonds. The van der Waals surface area contributed by atoms with Gasteiger partial charge in [0.15, 0.2) is 0 Å². The van der Waals surface area contributed by atoms with Crippen molar-refractivity contribution >= 4 is 23.2 Å². The second kappa shape index (κ2) is 11.5. The van der Waals surface area contributed by atoms with Gasteiger partial charge in [0.2, 0.25) is 0 Å². The van der Waals surface area contributed by atoms with Crippen molar-refractivity contribution in [3.05, 3.63) is 82.9 Å². The van der Waals surface area contributed by atoms with Crippen LogP contribution in [0.25, 0.3) is 0 Å². The Morgan fingerprint density at radius 3 is 2.17 bits per heavy atom. The molecule has 6 nitrogen and oxygen atoms in total. The van der Waals surface area contributed by atoms with Crippen molar-refractivity contribution in [3.63, 3.8) is 0 Å². The largest absolute Gasteiger partial charge is 0.497 e. The number of methoxy groups -OCH3 is 3. The molecule has 1 heterocycles. The molecule has 0 unspecified atom stereocenters. The summed E-state index contributed by atoms with van der Waals surface area (Å²) in [5.41, 5.74) is 2.54. The highest BCUT2D eigenvalue weighted by atomic mass is 35.5. The Hall–Kier alpha value is -3.22. The third-order valence-corrected chi connectivity index (χ3v) is 6.60. The lowest BCUT2D eigenvalue weighted by molar-refractivity contribution is 0.0958. The summed E-state index contributed by atoms with van der Waals surface area (Å²) in [4.78, 5) is 18.0. The Labute approximate surface area is 212 Å². The molecule has 0 atom stereocenters. The molecule has 0 aromatic heterocycles. The first-order valence-corrected chi connectivity index (χ1v) is 12.1. The van der Waals surface area contributed by atoms with Gasteiger partial charge in [0.25, 0.3) is 5.91 Å². The number of hydrogen-bond acceptors (Lipinski definition) is 5. The van der Waals surface area contributed by atoms with Crippen LogP contribution in [0.4, 0.5) is 5.69 Å². The molecule has 3 aromatic carbocycles. The van der Waals surface area contributed by atoms with Gasteiger partial charge in [-0.25, -0.2) is 0 Å². The van der Waals surface area contributed by atoms with Gasteiger partial charge in [0.05, 0.1) is 21.3 Å². The molecular formula is C28H31ClN2O4. The lowest BCUT2D eigenvalue weighted by atomic mass is 10.00. The van der Waals surface area contributed by atoms with E-state index in [0.29, 0.717) is 10.6 Å². The van der Waals surface area contributed by atoms with Gasteiger partial charge in [-0.2, -0.15) is 0 Å². The maximum Gasteiger partial charge on any atom is 0.258 e. The lowest BCUT2D eigenvalue weighted by Crippen LogP contribution is -2.47. The van der Waals surface area contributed by atoms with Crippen LogP contribution in [0.3, 0.4) is 0 Å². The van der Waals surface area contributed by atoms with Gasteiger partial charge in [-0.05, 0) is 60.9 Å². The molecule has 4 rings (SSSR count). The van der Waals surface area contributed by atoms with Crippen LogP contribution >= 0.6 is 11.6 Å². The number of anilines is 1. The van der Waals surface area contributed by atoms with Crippen molar-refractivity contribution in [2.75, 3.05) is 39.3 Å². The Kier molecular flexibility index (Phi) is 8.16. The molecule has 0 N–H and O–H groups in total. The van der Waals surface area contributed by atoms with E-state index < -0.39 is 0 Å². The zero-order valence-electron chi connectivity index (χ0n) is 20.4. The second-order valence-electron chi connectivity index (χ2n) is 8.62. The molecule has 3 aromatic rings. The molecule has 0 aliphatic carbocycles. The maximum atomic E-state index is 13.7. The van der Waals surface area contributed by atoms with E-state index in [2.05, 4.69) is 4.90 Å². The number of amides is 1. The van der Waals surface area contributed by atoms with Crippen molar-refractivity contribution in [1.82, 2.24) is 4.90 Å². The Morgan fingerprint density at radius 2 is 1.54 bits per heavy atom. The topological polar surface area (TPSA) is 51.2 Å². The van der Waals surface area contributed by atoms with Crippen LogP contribution in [0.5, 0.6) is 17.2 Å². The van der Waals surface area contributed by atoms with Crippen LogP contribution in [-0.2, 0) is 6.54 Å². The van der Waals surface area contributed by atoms with E-state index in [0.717, 1.165) is 61.0 Å². The highest BCUT2D eigenvalue weighted by Gasteiger charge is 2.30. The summed E-state index contributed by atoms with van der Waals surface area (Å²) in [7, 11) is 4.95. The molecule has 7 heteroatoms. The predicted octanol–water partition coefficient (Wildman–Crippen LogP) is 5.68. The van der Waals surface area contributed by atoms with E-state index in [1.807, 2.05) is 59.5 Å². The Bertz CT molecular complexity index is 1140. The number of piperidine rings is 1. The van der Waals surface area contributed by atoms with E-state index in [1.165, 1.54) is 0 Å². The molecule has 0 spiro atoms. The fourth-order valence-corrected chi connectivity index (χ4v) is 4.76. The first-order chi connectivity index (χ1) is 17.0. The maximum absolute atomic E-state index is 13.7. The monoisotopic (exact) mass is 494 g/mol. The summed E-state index contributed by atoms with van der Waals surface area (Å²) in [6, 6.07) is 20.8. The van der Waals surface area contributed by atoms with Crippen molar-refractivity contribution in [3.8, 4) is 17.2 Å². The number of likely N-dealkylation sites (tertiary alicyclic amines) is 1. The van der Waals surface area contributed by atoms with E-state index in [-0.39, 0.29) is 11.9 Å². The number of ether oxygens (including phenoxy) is 3. The third-order valence-electron chi connectivity index (χ3n) is 6.36. The van der Waals surface area contributed by atoms with E-state index in [4.69, 9.17) is 25.8 Å². The van der Waals surface area contributed by atoms with Gasteiger partial charge in [0.1, 0.15) is 17.2 Å². The smallest absolute Gasteiger partial charge is 0.258 e. The minimum absolute atomic E-state index is 0.0586. The molecule has 1 aliphatic rings. The summed E-state index contributed by atoms with van der Waals surface area (Å²) in [5.74, 6) is 2.23. The van der Waals surface area contributed by atoms with Crippen LogP contribution in [0.2, 0.25) is 5.02 Å². The van der Waals surface area contributed by atoms with Crippen LogP contribution in [-0.4, -0.2) is 51.3 Å². The number of hydrogen-bond donors (Lipinski definition) is 0. The molecule has 1 aliphatic heterocycles. The summed E-state index contributed by atoms with van der Waals surface area (Å²) >= 11 is 6.20. The molecule has 35 heavy (non-hydrogen) atoms. The lowest BCUT2D eigenvalue weighted by Gasteiger charge is -2.39. The average molecular weight is 495 g/mol. The highest BCUT2D eigenvalue weighted by molar-refractivity contribution is 6.31.